The third kappa shape index (κ3) is 3.48. The third-order valence-corrected chi connectivity index (χ3v) is 5.77. The minimum absolute atomic E-state index is 0.141. The van der Waals surface area contributed by atoms with Gasteiger partial charge in [-0.1, -0.05) is 35.9 Å². The van der Waals surface area contributed by atoms with Crippen LogP contribution in [0.2, 0.25) is 5.02 Å². The zero-order valence-electron chi connectivity index (χ0n) is 16.4. The molecule has 5 rings (SSSR count). The van der Waals surface area contributed by atoms with Crippen LogP contribution in [0.25, 0.3) is 16.6 Å². The van der Waals surface area contributed by atoms with E-state index in [4.69, 9.17) is 11.6 Å². The van der Waals surface area contributed by atoms with Crippen LogP contribution >= 0.6 is 11.6 Å². The molecule has 0 radical (unpaired) electrons. The average Bonchev–Trinajstić information content (AvgIpc) is 2.82. The Labute approximate surface area is 182 Å². The van der Waals surface area contributed by atoms with Gasteiger partial charge in [0.1, 0.15) is 28.5 Å². The molecular formula is C22H18ClFN6O. The fourth-order valence-electron chi connectivity index (χ4n) is 3.85. The van der Waals surface area contributed by atoms with Crippen LogP contribution in [0.4, 0.5) is 15.9 Å². The number of nitrogens with zero attached hydrogens (tertiary/aromatic N) is 6. The van der Waals surface area contributed by atoms with Crippen LogP contribution in [0.3, 0.4) is 0 Å². The minimum Gasteiger partial charge on any atom is -0.365 e. The van der Waals surface area contributed by atoms with Crippen LogP contribution in [0.1, 0.15) is 0 Å². The summed E-state index contributed by atoms with van der Waals surface area (Å²) in [5.41, 5.74) is 1.22. The molecule has 0 unspecified atom stereocenters. The Morgan fingerprint density at radius 1 is 0.903 bits per heavy atom. The highest BCUT2D eigenvalue weighted by Gasteiger charge is 2.23. The van der Waals surface area contributed by atoms with Crippen LogP contribution in [0.5, 0.6) is 0 Å². The van der Waals surface area contributed by atoms with Crippen molar-refractivity contribution in [2.75, 3.05) is 36.0 Å². The van der Waals surface area contributed by atoms with Gasteiger partial charge < -0.3 is 9.80 Å². The van der Waals surface area contributed by atoms with E-state index in [1.165, 1.54) is 17.1 Å². The standard InChI is InChI=1S/C22H18ClFN6O/c23-19-18(13-27-30(22(19)31)15-5-2-1-3-6-15)28-9-11-29(12-10-28)21-16-7-4-8-17(24)20(16)25-14-26-21/h1-8,13-14H,9-12H2. The lowest BCUT2D eigenvalue weighted by molar-refractivity contribution is 0.634. The molecule has 0 spiro atoms. The number of para-hydroxylation sites is 2. The number of fused-ring (bicyclic) bond motifs is 1. The molecule has 1 saturated heterocycles. The first-order valence-electron chi connectivity index (χ1n) is 9.86. The molecular weight excluding hydrogens is 419 g/mol. The van der Waals surface area contributed by atoms with E-state index >= 15 is 0 Å². The molecule has 4 aromatic rings. The molecule has 31 heavy (non-hydrogen) atoms. The molecule has 0 N–H and O–H groups in total. The number of hydrogen-bond donors (Lipinski definition) is 0. The van der Waals surface area contributed by atoms with Crippen LogP contribution in [0, 0.1) is 5.82 Å². The molecule has 0 bridgehead atoms. The summed E-state index contributed by atoms with van der Waals surface area (Å²) in [7, 11) is 0. The van der Waals surface area contributed by atoms with Crippen molar-refractivity contribution >= 4 is 34.0 Å². The maximum atomic E-state index is 14.1. The van der Waals surface area contributed by atoms with Crippen molar-refractivity contribution in [1.29, 1.82) is 0 Å². The van der Waals surface area contributed by atoms with E-state index in [1.807, 2.05) is 29.2 Å². The lowest BCUT2D eigenvalue weighted by Gasteiger charge is -2.37. The maximum absolute atomic E-state index is 14.1. The molecule has 1 aliphatic rings. The van der Waals surface area contributed by atoms with E-state index in [0.29, 0.717) is 54.3 Å². The molecule has 2 aromatic carbocycles. The van der Waals surface area contributed by atoms with Gasteiger partial charge in [-0.3, -0.25) is 4.79 Å². The van der Waals surface area contributed by atoms with Crippen LogP contribution in [-0.2, 0) is 0 Å². The summed E-state index contributed by atoms with van der Waals surface area (Å²) in [5.74, 6) is 0.337. The Kier molecular flexibility index (Phi) is 4.99. The largest absolute Gasteiger partial charge is 0.365 e. The smallest absolute Gasteiger partial charge is 0.292 e. The molecule has 0 amide bonds. The quantitative estimate of drug-likeness (QED) is 0.491. The summed E-state index contributed by atoms with van der Waals surface area (Å²) in [6.45, 7) is 2.52. The number of halogens is 2. The van der Waals surface area contributed by atoms with Crippen LogP contribution in [0.15, 0.2) is 65.8 Å². The first-order chi connectivity index (χ1) is 15.1. The Morgan fingerprint density at radius 3 is 2.42 bits per heavy atom. The second kappa shape index (κ2) is 7.96. The van der Waals surface area contributed by atoms with Gasteiger partial charge >= 0.3 is 0 Å². The first-order valence-corrected chi connectivity index (χ1v) is 10.2. The van der Waals surface area contributed by atoms with E-state index < -0.39 is 0 Å². The van der Waals surface area contributed by atoms with Gasteiger partial charge in [-0.2, -0.15) is 9.78 Å². The highest BCUT2D eigenvalue weighted by molar-refractivity contribution is 6.33. The molecule has 1 aliphatic heterocycles. The summed E-state index contributed by atoms with van der Waals surface area (Å²) in [5, 5.41) is 5.14. The Morgan fingerprint density at radius 2 is 1.65 bits per heavy atom. The van der Waals surface area contributed by atoms with Gasteiger partial charge in [0, 0.05) is 31.6 Å². The number of piperazine rings is 1. The van der Waals surface area contributed by atoms with Gasteiger partial charge in [0.15, 0.2) is 0 Å². The highest BCUT2D eigenvalue weighted by Crippen LogP contribution is 2.28. The van der Waals surface area contributed by atoms with Gasteiger partial charge in [0.05, 0.1) is 17.6 Å². The molecule has 2 aromatic heterocycles. The molecule has 1 fully saturated rings. The molecule has 3 heterocycles. The van der Waals surface area contributed by atoms with Gasteiger partial charge in [0.2, 0.25) is 0 Å². The van der Waals surface area contributed by atoms with Gasteiger partial charge in [-0.25, -0.2) is 14.4 Å². The normalized spacial score (nSPS) is 14.3. The molecule has 9 heteroatoms. The fraction of sp³-hybridized carbons (Fsp3) is 0.182. The number of rotatable bonds is 3. The van der Waals surface area contributed by atoms with Gasteiger partial charge in [-0.05, 0) is 24.3 Å². The van der Waals surface area contributed by atoms with E-state index in [-0.39, 0.29) is 16.4 Å². The van der Waals surface area contributed by atoms with E-state index in [2.05, 4.69) is 20.0 Å². The average molecular weight is 437 g/mol. The number of aromatic nitrogens is 4. The highest BCUT2D eigenvalue weighted by atomic mass is 35.5. The monoisotopic (exact) mass is 436 g/mol. The van der Waals surface area contributed by atoms with Crippen molar-refractivity contribution in [2.24, 2.45) is 0 Å². The van der Waals surface area contributed by atoms with Crippen molar-refractivity contribution in [3.05, 3.63) is 82.2 Å². The van der Waals surface area contributed by atoms with Gasteiger partial charge in [0.25, 0.3) is 5.56 Å². The maximum Gasteiger partial charge on any atom is 0.292 e. The second-order valence-corrected chi connectivity index (χ2v) is 7.58. The summed E-state index contributed by atoms with van der Waals surface area (Å²) in [6, 6.07) is 14.0. The SMILES string of the molecule is O=c1c(Cl)c(N2CCN(c3ncnc4c(F)cccc34)CC2)cnn1-c1ccccc1. The van der Waals surface area contributed by atoms with E-state index in [0.717, 1.165) is 0 Å². The Bertz CT molecular complexity index is 1300. The number of benzene rings is 2. The number of anilines is 2. The van der Waals surface area contributed by atoms with E-state index in [1.54, 1.807) is 24.4 Å². The summed E-state index contributed by atoms with van der Waals surface area (Å²) in [4.78, 5) is 25.4. The summed E-state index contributed by atoms with van der Waals surface area (Å²) < 4.78 is 15.4. The molecule has 0 atom stereocenters. The molecule has 0 saturated carbocycles. The molecule has 156 valence electrons. The zero-order valence-corrected chi connectivity index (χ0v) is 17.2. The molecule has 7 nitrogen and oxygen atoms in total. The third-order valence-electron chi connectivity index (χ3n) is 5.42. The van der Waals surface area contributed by atoms with E-state index in [9.17, 15) is 9.18 Å². The fourth-order valence-corrected chi connectivity index (χ4v) is 4.09. The Balaban J connectivity index is 1.39. The Hall–Kier alpha value is -3.52. The van der Waals surface area contributed by atoms with Crippen molar-refractivity contribution in [1.82, 2.24) is 19.7 Å². The lowest BCUT2D eigenvalue weighted by atomic mass is 10.2. The predicted octanol–water partition coefficient (Wildman–Crippen LogP) is 3.29. The minimum atomic E-state index is -0.364. The van der Waals surface area contributed by atoms with Gasteiger partial charge in [-0.15, -0.1) is 0 Å². The van der Waals surface area contributed by atoms with Crippen molar-refractivity contribution in [2.45, 2.75) is 0 Å². The predicted molar refractivity (Wildman–Crippen MR) is 119 cm³/mol. The summed E-state index contributed by atoms with van der Waals surface area (Å²) in [6.07, 6.45) is 3.01. The van der Waals surface area contributed by atoms with Crippen LogP contribution < -0.4 is 15.4 Å². The first kappa shape index (κ1) is 19.4. The lowest BCUT2D eigenvalue weighted by Crippen LogP contribution is -2.47. The van der Waals surface area contributed by atoms with Crippen molar-refractivity contribution in [3.63, 3.8) is 0 Å². The van der Waals surface area contributed by atoms with Crippen LogP contribution in [-0.4, -0.2) is 45.9 Å². The van der Waals surface area contributed by atoms with Crippen molar-refractivity contribution in [3.8, 4) is 5.69 Å². The topological polar surface area (TPSA) is 67.2 Å². The van der Waals surface area contributed by atoms with Crippen molar-refractivity contribution < 1.29 is 4.39 Å². The second-order valence-electron chi connectivity index (χ2n) is 7.20. The summed E-state index contributed by atoms with van der Waals surface area (Å²) >= 11 is 6.44. The number of hydrogen-bond acceptors (Lipinski definition) is 6. The zero-order chi connectivity index (χ0) is 21.4. The molecule has 0 aliphatic carbocycles.